The summed E-state index contributed by atoms with van der Waals surface area (Å²) in [5, 5.41) is 0.339. The third-order valence-electron chi connectivity index (χ3n) is 3.68. The molecule has 8 heteroatoms. The largest absolute Gasteiger partial charge is 0.281 e. The van der Waals surface area contributed by atoms with Crippen LogP contribution in [0.25, 0.3) is 11.0 Å². The molecule has 0 N–H and O–H groups in total. The van der Waals surface area contributed by atoms with Crippen molar-refractivity contribution in [3.8, 4) is 0 Å². The maximum absolute atomic E-state index is 12.6. The smallest absolute Gasteiger partial charge is 0.227 e. The van der Waals surface area contributed by atoms with E-state index in [2.05, 4.69) is 19.9 Å². The van der Waals surface area contributed by atoms with Crippen molar-refractivity contribution in [2.24, 2.45) is 0 Å². The van der Waals surface area contributed by atoms with Gasteiger partial charge in [0, 0.05) is 35.9 Å². The van der Waals surface area contributed by atoms with Gasteiger partial charge in [-0.05, 0) is 59.9 Å². The van der Waals surface area contributed by atoms with Gasteiger partial charge in [-0.25, -0.2) is 9.97 Å². The number of rotatable bonds is 4. The van der Waals surface area contributed by atoms with Crippen molar-refractivity contribution in [1.29, 1.82) is 0 Å². The van der Waals surface area contributed by atoms with Crippen molar-refractivity contribution in [3.63, 3.8) is 0 Å². The summed E-state index contributed by atoms with van der Waals surface area (Å²) in [6.45, 7) is 0. The van der Waals surface area contributed by atoms with Gasteiger partial charge in [-0.1, -0.05) is 12.1 Å². The molecule has 136 valence electrons. The van der Waals surface area contributed by atoms with Crippen molar-refractivity contribution in [2.75, 3.05) is 0 Å². The van der Waals surface area contributed by atoms with Crippen molar-refractivity contribution in [1.82, 2.24) is 19.9 Å². The molecule has 6 nitrogen and oxygen atoms in total. The van der Waals surface area contributed by atoms with E-state index >= 15 is 0 Å². The number of hydrogen-bond donors (Lipinski definition) is 0. The van der Waals surface area contributed by atoms with Gasteiger partial charge in [0.1, 0.15) is 10.1 Å². The highest BCUT2D eigenvalue weighted by Gasteiger charge is 2.19. The van der Waals surface area contributed by atoms with E-state index in [0.717, 1.165) is 23.5 Å². The fourth-order valence-corrected chi connectivity index (χ4v) is 3.99. The molecule has 4 aromatic rings. The minimum absolute atomic E-state index is 0.214. The molecule has 3 aromatic heterocycles. The molecule has 0 atom stereocenters. The van der Waals surface area contributed by atoms with Crippen LogP contribution in [0, 0.1) is 0 Å². The van der Waals surface area contributed by atoms with Crippen LogP contribution in [0.2, 0.25) is 0 Å². The number of benzene rings is 1. The van der Waals surface area contributed by atoms with Gasteiger partial charge in [0.2, 0.25) is 10.2 Å². The van der Waals surface area contributed by atoms with Crippen LogP contribution in [-0.2, 0) is 0 Å². The first kappa shape index (κ1) is 18.3. The van der Waals surface area contributed by atoms with Gasteiger partial charge in [0.15, 0.2) is 0 Å². The first-order chi connectivity index (χ1) is 13.7. The van der Waals surface area contributed by atoms with Crippen molar-refractivity contribution in [3.05, 3.63) is 84.4 Å². The summed E-state index contributed by atoms with van der Waals surface area (Å²) in [5.74, 6) is 0. The molecule has 0 aliphatic rings. The van der Waals surface area contributed by atoms with Gasteiger partial charge in [-0.3, -0.25) is 19.6 Å². The maximum Gasteiger partial charge on any atom is 0.227 e. The molecule has 0 amide bonds. The Morgan fingerprint density at radius 2 is 1.11 bits per heavy atom. The minimum atomic E-state index is -0.214. The quantitative estimate of drug-likeness (QED) is 0.466. The Morgan fingerprint density at radius 1 is 0.643 bits per heavy atom. The Balaban J connectivity index is 1.70. The first-order valence-electron chi connectivity index (χ1n) is 8.22. The summed E-state index contributed by atoms with van der Waals surface area (Å²) in [4.78, 5) is 42.3. The second kappa shape index (κ2) is 8.28. The molecule has 28 heavy (non-hydrogen) atoms. The average molecular weight is 404 g/mol. The van der Waals surface area contributed by atoms with Gasteiger partial charge in [-0.15, -0.1) is 0 Å². The van der Waals surface area contributed by atoms with E-state index < -0.39 is 0 Å². The number of fused-ring (bicyclic) bond motifs is 1. The second-order valence-electron chi connectivity index (χ2n) is 5.59. The minimum Gasteiger partial charge on any atom is -0.281 e. The topological polar surface area (TPSA) is 85.7 Å². The lowest BCUT2D eigenvalue weighted by Gasteiger charge is -2.08. The molecule has 0 radical (unpaired) electrons. The summed E-state index contributed by atoms with van der Waals surface area (Å²) in [6.07, 6.45) is 6.20. The molecule has 3 heterocycles. The summed E-state index contributed by atoms with van der Waals surface area (Å²) in [7, 11) is 0. The monoisotopic (exact) mass is 404 g/mol. The zero-order valence-electron chi connectivity index (χ0n) is 14.4. The number of thioether (sulfide) groups is 2. The van der Waals surface area contributed by atoms with Gasteiger partial charge in [0.25, 0.3) is 0 Å². The van der Waals surface area contributed by atoms with Crippen molar-refractivity contribution >= 4 is 44.8 Å². The third kappa shape index (κ3) is 4.08. The summed E-state index contributed by atoms with van der Waals surface area (Å²) in [5.41, 5.74) is 2.22. The second-order valence-corrected chi connectivity index (χ2v) is 7.51. The van der Waals surface area contributed by atoms with E-state index in [1.54, 1.807) is 36.7 Å². The Hall–Kier alpha value is -3.10. The molecule has 0 unspecified atom stereocenters. The number of carbonyl (C=O) groups excluding carboxylic acids is 2. The predicted molar refractivity (Wildman–Crippen MR) is 108 cm³/mol. The van der Waals surface area contributed by atoms with Crippen molar-refractivity contribution < 1.29 is 9.59 Å². The summed E-state index contributed by atoms with van der Waals surface area (Å²) >= 11 is 1.87. The number of carbonyl (C=O) groups is 2. The van der Waals surface area contributed by atoms with Crippen LogP contribution in [0.5, 0.6) is 0 Å². The molecular weight excluding hydrogens is 392 g/mol. The fraction of sp³-hybridized carbons (Fsp3) is 0. The fourth-order valence-electron chi connectivity index (χ4n) is 2.36. The highest BCUT2D eigenvalue weighted by molar-refractivity contribution is 8.16. The van der Waals surface area contributed by atoms with Crippen LogP contribution in [0.1, 0.15) is 20.7 Å². The van der Waals surface area contributed by atoms with Crippen LogP contribution in [0.4, 0.5) is 0 Å². The maximum atomic E-state index is 12.6. The molecule has 0 fully saturated rings. The number of para-hydroxylation sites is 2. The normalized spacial score (nSPS) is 10.7. The molecule has 0 aliphatic carbocycles. The summed E-state index contributed by atoms with van der Waals surface area (Å²) < 4.78 is 0. The van der Waals surface area contributed by atoms with E-state index in [9.17, 15) is 9.59 Å². The third-order valence-corrected chi connectivity index (χ3v) is 5.61. The molecular formula is C20H12N4O2S2. The lowest BCUT2D eigenvalue weighted by atomic mass is 10.3. The van der Waals surface area contributed by atoms with Gasteiger partial charge < -0.3 is 0 Å². The van der Waals surface area contributed by atoms with Crippen LogP contribution >= 0.6 is 23.5 Å². The Kier molecular flexibility index (Phi) is 5.41. The molecule has 0 saturated heterocycles. The molecule has 4 rings (SSSR count). The number of nitrogens with zero attached hydrogens (tertiary/aromatic N) is 4. The molecule has 1 aromatic carbocycles. The SMILES string of the molecule is O=C(Sc1nc2ccccc2nc1SC(=O)c1cccnc1)c1cccnc1. The highest BCUT2D eigenvalue weighted by atomic mass is 32.2. The van der Waals surface area contributed by atoms with E-state index in [1.165, 1.54) is 12.4 Å². The standard InChI is InChI=1S/C20H12N4O2S2/c25-19(13-5-3-9-21-11-13)27-17-18(24-16-8-2-1-7-15(16)23-17)28-20(26)14-6-4-10-22-12-14/h1-12H. The Labute approximate surface area is 168 Å². The van der Waals surface area contributed by atoms with Crippen LogP contribution in [0.3, 0.4) is 0 Å². The average Bonchev–Trinajstić information content (AvgIpc) is 2.75. The van der Waals surface area contributed by atoms with E-state index in [-0.39, 0.29) is 10.2 Å². The van der Waals surface area contributed by atoms with Gasteiger partial charge >= 0.3 is 0 Å². The number of pyridine rings is 2. The van der Waals surface area contributed by atoms with Crippen molar-refractivity contribution in [2.45, 2.75) is 10.1 Å². The van der Waals surface area contributed by atoms with Crippen LogP contribution in [0.15, 0.2) is 83.4 Å². The van der Waals surface area contributed by atoms with E-state index in [1.807, 2.05) is 24.3 Å². The Bertz CT molecular complexity index is 1060. The lowest BCUT2D eigenvalue weighted by molar-refractivity contribution is 0.108. The molecule has 0 bridgehead atoms. The zero-order valence-corrected chi connectivity index (χ0v) is 16.0. The van der Waals surface area contributed by atoms with E-state index in [0.29, 0.717) is 32.2 Å². The molecule has 0 saturated carbocycles. The first-order valence-corrected chi connectivity index (χ1v) is 9.85. The molecule has 0 spiro atoms. The van der Waals surface area contributed by atoms with Crippen LogP contribution < -0.4 is 0 Å². The highest BCUT2D eigenvalue weighted by Crippen LogP contribution is 2.33. The Morgan fingerprint density at radius 3 is 1.50 bits per heavy atom. The predicted octanol–water partition coefficient (Wildman–Crippen LogP) is 4.28. The lowest BCUT2D eigenvalue weighted by Crippen LogP contribution is -2.01. The number of aromatic nitrogens is 4. The number of hydrogen-bond acceptors (Lipinski definition) is 8. The zero-order chi connectivity index (χ0) is 19.3. The van der Waals surface area contributed by atoms with E-state index in [4.69, 9.17) is 0 Å². The van der Waals surface area contributed by atoms with Gasteiger partial charge in [0.05, 0.1) is 11.0 Å². The van der Waals surface area contributed by atoms with Gasteiger partial charge in [-0.2, -0.15) is 0 Å². The van der Waals surface area contributed by atoms with Crippen LogP contribution in [-0.4, -0.2) is 30.2 Å². The summed E-state index contributed by atoms with van der Waals surface area (Å²) in [6, 6.07) is 14.1. The molecule has 0 aliphatic heterocycles.